The normalized spacial score (nSPS) is 11.2. The number of carbonyl (C=O) groups is 2. The van der Waals surface area contributed by atoms with Gasteiger partial charge in [-0.1, -0.05) is 30.3 Å². The SMILES string of the molecule is Cc1cc(OCC(=O)Nc2cccc(C(=O)Nc3cccc(C(F)(F)F)c3)c2)nc2ccccc12. The van der Waals surface area contributed by atoms with Crippen LogP contribution in [0.3, 0.4) is 0 Å². The topological polar surface area (TPSA) is 80.3 Å². The third kappa shape index (κ3) is 5.94. The summed E-state index contributed by atoms with van der Waals surface area (Å²) in [6.45, 7) is 1.62. The van der Waals surface area contributed by atoms with E-state index in [0.717, 1.165) is 28.6 Å². The van der Waals surface area contributed by atoms with Crippen LogP contribution in [0.1, 0.15) is 21.5 Å². The molecule has 2 amide bonds. The number of aryl methyl sites for hydroxylation is 1. The number of amides is 2. The largest absolute Gasteiger partial charge is 0.468 e. The second kappa shape index (κ2) is 9.84. The summed E-state index contributed by atoms with van der Waals surface area (Å²) in [6.07, 6.45) is -4.52. The molecule has 0 aliphatic rings. The lowest BCUT2D eigenvalue weighted by atomic mass is 10.1. The van der Waals surface area contributed by atoms with Gasteiger partial charge in [0.1, 0.15) is 0 Å². The number of ether oxygens (including phenoxy) is 1. The molecule has 0 unspecified atom stereocenters. The van der Waals surface area contributed by atoms with E-state index >= 15 is 0 Å². The van der Waals surface area contributed by atoms with Gasteiger partial charge < -0.3 is 15.4 Å². The first kappa shape index (κ1) is 23.7. The number of rotatable bonds is 6. The van der Waals surface area contributed by atoms with Crippen LogP contribution in [0.25, 0.3) is 10.9 Å². The van der Waals surface area contributed by atoms with Crippen LogP contribution in [-0.4, -0.2) is 23.4 Å². The predicted molar refractivity (Wildman–Crippen MR) is 126 cm³/mol. The summed E-state index contributed by atoms with van der Waals surface area (Å²) >= 11 is 0. The number of carbonyl (C=O) groups excluding carboxylic acids is 2. The first-order valence-electron chi connectivity index (χ1n) is 10.6. The van der Waals surface area contributed by atoms with Crippen molar-refractivity contribution in [3.05, 3.63) is 95.6 Å². The van der Waals surface area contributed by atoms with Crippen molar-refractivity contribution in [3.8, 4) is 5.88 Å². The number of nitrogens with one attached hydrogen (secondary N) is 2. The maximum atomic E-state index is 12.9. The number of aromatic nitrogens is 1. The second-order valence-electron chi connectivity index (χ2n) is 7.74. The molecule has 0 radical (unpaired) electrons. The summed E-state index contributed by atoms with van der Waals surface area (Å²) in [5, 5.41) is 6.06. The summed E-state index contributed by atoms with van der Waals surface area (Å²) in [4.78, 5) is 29.3. The Kier molecular flexibility index (Phi) is 6.68. The predicted octanol–water partition coefficient (Wildman–Crippen LogP) is 5.83. The van der Waals surface area contributed by atoms with Gasteiger partial charge in [0, 0.05) is 28.4 Å². The number of hydrogen-bond acceptors (Lipinski definition) is 4. The van der Waals surface area contributed by atoms with Gasteiger partial charge in [-0.25, -0.2) is 4.98 Å². The minimum atomic E-state index is -4.52. The van der Waals surface area contributed by atoms with Gasteiger partial charge in [-0.3, -0.25) is 9.59 Å². The molecule has 1 aromatic heterocycles. The molecule has 0 aliphatic heterocycles. The maximum Gasteiger partial charge on any atom is 0.416 e. The molecule has 4 rings (SSSR count). The first-order valence-corrected chi connectivity index (χ1v) is 10.6. The molecule has 0 spiro atoms. The Hall–Kier alpha value is -4.40. The molecule has 0 saturated carbocycles. The number of nitrogens with zero attached hydrogens (tertiary/aromatic N) is 1. The Morgan fingerprint density at radius 1 is 0.886 bits per heavy atom. The van der Waals surface area contributed by atoms with Crippen LogP contribution in [0, 0.1) is 6.92 Å². The van der Waals surface area contributed by atoms with E-state index in [0.29, 0.717) is 11.6 Å². The molecular formula is C26H20F3N3O3. The second-order valence-corrected chi connectivity index (χ2v) is 7.74. The first-order chi connectivity index (χ1) is 16.7. The van der Waals surface area contributed by atoms with E-state index in [-0.39, 0.29) is 17.9 Å². The highest BCUT2D eigenvalue weighted by Gasteiger charge is 2.30. The number of halogens is 3. The Labute approximate surface area is 198 Å². The number of para-hydroxylation sites is 1. The smallest absolute Gasteiger partial charge is 0.416 e. The number of fused-ring (bicyclic) bond motifs is 1. The van der Waals surface area contributed by atoms with Gasteiger partial charge >= 0.3 is 6.18 Å². The van der Waals surface area contributed by atoms with Crippen LogP contribution in [-0.2, 0) is 11.0 Å². The quantitative estimate of drug-likeness (QED) is 0.365. The summed E-state index contributed by atoms with van der Waals surface area (Å²) in [6, 6.07) is 19.7. The molecule has 0 bridgehead atoms. The standard InChI is InChI=1S/C26H20F3N3O3/c1-16-12-24(32-22-11-3-2-10-21(16)22)35-15-23(33)30-19-8-4-6-17(13-19)25(34)31-20-9-5-7-18(14-20)26(27,28)29/h2-14H,15H2,1H3,(H,30,33)(H,31,34). The fraction of sp³-hybridized carbons (Fsp3) is 0.115. The van der Waals surface area contributed by atoms with Crippen molar-refractivity contribution in [1.82, 2.24) is 4.98 Å². The molecule has 9 heteroatoms. The lowest BCUT2D eigenvalue weighted by Gasteiger charge is -2.11. The van der Waals surface area contributed by atoms with E-state index < -0.39 is 23.6 Å². The molecule has 6 nitrogen and oxygen atoms in total. The fourth-order valence-electron chi connectivity index (χ4n) is 3.44. The van der Waals surface area contributed by atoms with Gasteiger partial charge in [0.25, 0.3) is 11.8 Å². The number of alkyl halides is 3. The number of pyridine rings is 1. The van der Waals surface area contributed by atoms with Crippen molar-refractivity contribution in [2.75, 3.05) is 17.2 Å². The Balaban J connectivity index is 1.38. The Morgan fingerprint density at radius 3 is 2.37 bits per heavy atom. The molecular weight excluding hydrogens is 459 g/mol. The Morgan fingerprint density at radius 2 is 1.60 bits per heavy atom. The molecule has 0 fully saturated rings. The van der Waals surface area contributed by atoms with E-state index in [9.17, 15) is 22.8 Å². The molecule has 3 aromatic carbocycles. The fourth-order valence-corrected chi connectivity index (χ4v) is 3.44. The number of anilines is 2. The molecule has 35 heavy (non-hydrogen) atoms. The summed E-state index contributed by atoms with van der Waals surface area (Å²) in [5.41, 5.74) is 1.34. The molecule has 0 aliphatic carbocycles. The molecule has 0 saturated heterocycles. The van der Waals surface area contributed by atoms with Gasteiger partial charge in [0.05, 0.1) is 11.1 Å². The highest BCUT2D eigenvalue weighted by Crippen LogP contribution is 2.30. The average Bonchev–Trinajstić information content (AvgIpc) is 2.83. The van der Waals surface area contributed by atoms with Crippen molar-refractivity contribution >= 4 is 34.1 Å². The zero-order valence-corrected chi connectivity index (χ0v) is 18.5. The molecule has 0 atom stereocenters. The van der Waals surface area contributed by atoms with Gasteiger partial charge in [-0.2, -0.15) is 13.2 Å². The maximum absolute atomic E-state index is 12.9. The lowest BCUT2D eigenvalue weighted by Crippen LogP contribution is -2.21. The van der Waals surface area contributed by atoms with Crippen LogP contribution in [0.15, 0.2) is 78.9 Å². The summed E-state index contributed by atoms with van der Waals surface area (Å²) in [5.74, 6) is -0.772. The van der Waals surface area contributed by atoms with Crippen LogP contribution in [0.5, 0.6) is 5.88 Å². The van der Waals surface area contributed by atoms with Gasteiger partial charge in [0.15, 0.2) is 6.61 Å². The van der Waals surface area contributed by atoms with Crippen molar-refractivity contribution in [3.63, 3.8) is 0 Å². The average molecular weight is 479 g/mol. The third-order valence-electron chi connectivity index (χ3n) is 5.11. The number of benzene rings is 3. The van der Waals surface area contributed by atoms with Crippen LogP contribution < -0.4 is 15.4 Å². The molecule has 2 N–H and O–H groups in total. The van der Waals surface area contributed by atoms with Crippen molar-refractivity contribution in [2.45, 2.75) is 13.1 Å². The number of hydrogen-bond donors (Lipinski definition) is 2. The zero-order valence-electron chi connectivity index (χ0n) is 18.5. The van der Waals surface area contributed by atoms with Crippen LogP contribution >= 0.6 is 0 Å². The van der Waals surface area contributed by atoms with E-state index in [4.69, 9.17) is 4.74 Å². The van der Waals surface area contributed by atoms with E-state index in [2.05, 4.69) is 15.6 Å². The molecule has 1 heterocycles. The third-order valence-corrected chi connectivity index (χ3v) is 5.11. The van der Waals surface area contributed by atoms with Gasteiger partial charge in [0.2, 0.25) is 5.88 Å². The van der Waals surface area contributed by atoms with E-state index in [1.54, 1.807) is 18.2 Å². The van der Waals surface area contributed by atoms with E-state index in [1.165, 1.54) is 24.3 Å². The zero-order chi connectivity index (χ0) is 25.0. The monoisotopic (exact) mass is 479 g/mol. The van der Waals surface area contributed by atoms with Crippen molar-refractivity contribution < 1.29 is 27.5 Å². The molecule has 178 valence electrons. The Bertz CT molecular complexity index is 1400. The molecule has 4 aromatic rings. The highest BCUT2D eigenvalue weighted by atomic mass is 19.4. The lowest BCUT2D eigenvalue weighted by molar-refractivity contribution is -0.137. The summed E-state index contributed by atoms with van der Waals surface area (Å²) in [7, 11) is 0. The van der Waals surface area contributed by atoms with Crippen molar-refractivity contribution in [2.24, 2.45) is 0 Å². The summed E-state index contributed by atoms with van der Waals surface area (Å²) < 4.78 is 44.2. The van der Waals surface area contributed by atoms with Crippen LogP contribution in [0.4, 0.5) is 24.5 Å². The highest BCUT2D eigenvalue weighted by molar-refractivity contribution is 6.05. The minimum absolute atomic E-state index is 0.00541. The van der Waals surface area contributed by atoms with Gasteiger partial charge in [-0.15, -0.1) is 0 Å². The minimum Gasteiger partial charge on any atom is -0.468 e. The van der Waals surface area contributed by atoms with E-state index in [1.807, 2.05) is 31.2 Å². The van der Waals surface area contributed by atoms with Crippen molar-refractivity contribution in [1.29, 1.82) is 0 Å². The van der Waals surface area contributed by atoms with Gasteiger partial charge in [-0.05, 0) is 55.0 Å². The van der Waals surface area contributed by atoms with Crippen LogP contribution in [0.2, 0.25) is 0 Å².